The van der Waals surface area contributed by atoms with Crippen LogP contribution in [0.3, 0.4) is 0 Å². The van der Waals surface area contributed by atoms with Crippen molar-refractivity contribution in [3.8, 4) is 5.69 Å². The van der Waals surface area contributed by atoms with E-state index in [1.54, 1.807) is 23.0 Å². The van der Waals surface area contributed by atoms with Crippen LogP contribution in [0, 0.1) is 5.82 Å². The molecule has 0 bridgehead atoms. The van der Waals surface area contributed by atoms with Crippen molar-refractivity contribution in [2.45, 2.75) is 12.8 Å². The molecule has 110 valence electrons. The fourth-order valence-electron chi connectivity index (χ4n) is 2.53. The quantitative estimate of drug-likeness (QED) is 0.784. The van der Waals surface area contributed by atoms with Gasteiger partial charge in [-0.25, -0.2) is 9.07 Å². The average molecular weight is 295 g/mol. The molecule has 1 N–H and O–H groups in total. The molecule has 4 rings (SSSR count). The van der Waals surface area contributed by atoms with Crippen LogP contribution in [0.1, 0.15) is 17.4 Å². The summed E-state index contributed by atoms with van der Waals surface area (Å²) in [7, 11) is 0. The van der Waals surface area contributed by atoms with Crippen LogP contribution in [0.4, 0.5) is 10.1 Å². The highest BCUT2D eigenvalue weighted by molar-refractivity contribution is 5.53. The molecular formula is C17H14FN3O. The molecule has 0 fully saturated rings. The number of halogens is 1. The van der Waals surface area contributed by atoms with Crippen LogP contribution in [-0.2, 0) is 11.3 Å². The van der Waals surface area contributed by atoms with Crippen molar-refractivity contribution in [2.24, 2.45) is 0 Å². The van der Waals surface area contributed by atoms with Crippen LogP contribution in [0.2, 0.25) is 0 Å². The number of hydrogen-bond acceptors (Lipinski definition) is 3. The van der Waals surface area contributed by atoms with E-state index in [0.717, 1.165) is 22.5 Å². The lowest BCUT2D eigenvalue weighted by Crippen LogP contribution is -2.20. The number of para-hydroxylation sites is 1. The summed E-state index contributed by atoms with van der Waals surface area (Å²) in [4.78, 5) is 0. The molecule has 1 aliphatic rings. The minimum atomic E-state index is -0.259. The van der Waals surface area contributed by atoms with Crippen LogP contribution >= 0.6 is 0 Å². The molecule has 0 radical (unpaired) electrons. The molecule has 3 aromatic rings. The maximum atomic E-state index is 13.0. The first-order valence-corrected chi connectivity index (χ1v) is 7.06. The van der Waals surface area contributed by atoms with E-state index in [4.69, 9.17) is 4.74 Å². The van der Waals surface area contributed by atoms with Crippen molar-refractivity contribution in [3.05, 3.63) is 77.9 Å². The maximum Gasteiger partial charge on any atom is 0.157 e. The maximum absolute atomic E-state index is 13.0. The first-order valence-electron chi connectivity index (χ1n) is 7.06. The Morgan fingerprint density at radius 1 is 1.14 bits per heavy atom. The molecule has 0 spiro atoms. The highest BCUT2D eigenvalue weighted by Crippen LogP contribution is 2.30. The molecule has 1 atom stereocenters. The molecule has 0 saturated heterocycles. The second kappa shape index (κ2) is 5.27. The second-order valence-corrected chi connectivity index (χ2v) is 5.19. The molecule has 4 nitrogen and oxygen atoms in total. The number of fused-ring (bicyclic) bond motifs is 1. The van der Waals surface area contributed by atoms with Gasteiger partial charge in [0.1, 0.15) is 5.82 Å². The van der Waals surface area contributed by atoms with Crippen molar-refractivity contribution in [1.29, 1.82) is 0 Å². The van der Waals surface area contributed by atoms with Gasteiger partial charge in [0.25, 0.3) is 0 Å². The van der Waals surface area contributed by atoms with Gasteiger partial charge < -0.3 is 10.1 Å². The molecule has 1 aromatic heterocycles. The third kappa shape index (κ3) is 2.35. The lowest BCUT2D eigenvalue weighted by molar-refractivity contribution is 0.0507. The fourth-order valence-corrected chi connectivity index (χ4v) is 2.53. The number of hydrogen-bond donors (Lipinski definition) is 1. The van der Waals surface area contributed by atoms with Crippen molar-refractivity contribution in [2.75, 3.05) is 5.32 Å². The predicted molar refractivity (Wildman–Crippen MR) is 81.1 cm³/mol. The number of anilines is 1. The van der Waals surface area contributed by atoms with Crippen molar-refractivity contribution in [3.63, 3.8) is 0 Å². The Morgan fingerprint density at radius 3 is 2.82 bits per heavy atom. The molecule has 0 amide bonds. The smallest absolute Gasteiger partial charge is 0.157 e. The van der Waals surface area contributed by atoms with Gasteiger partial charge in [-0.3, -0.25) is 0 Å². The molecule has 5 heteroatoms. The zero-order chi connectivity index (χ0) is 14.9. The Balaban J connectivity index is 1.59. The van der Waals surface area contributed by atoms with Gasteiger partial charge in [0.15, 0.2) is 6.23 Å². The fraction of sp³-hybridized carbons (Fsp3) is 0.118. The molecule has 2 heterocycles. The zero-order valence-corrected chi connectivity index (χ0v) is 11.7. The van der Waals surface area contributed by atoms with Crippen LogP contribution < -0.4 is 5.32 Å². The van der Waals surface area contributed by atoms with Crippen LogP contribution in [0.25, 0.3) is 5.69 Å². The first-order chi connectivity index (χ1) is 10.8. The van der Waals surface area contributed by atoms with Crippen LogP contribution in [-0.4, -0.2) is 9.78 Å². The summed E-state index contributed by atoms with van der Waals surface area (Å²) in [6, 6.07) is 14.3. The lowest BCUT2D eigenvalue weighted by atomic mass is 10.1. The Kier molecular flexibility index (Phi) is 3.12. The van der Waals surface area contributed by atoms with Crippen molar-refractivity contribution < 1.29 is 9.13 Å². The van der Waals surface area contributed by atoms with E-state index < -0.39 is 0 Å². The van der Waals surface area contributed by atoms with Crippen molar-refractivity contribution >= 4 is 5.69 Å². The van der Waals surface area contributed by atoms with E-state index >= 15 is 0 Å². The number of aromatic nitrogens is 2. The summed E-state index contributed by atoms with van der Waals surface area (Å²) in [6.07, 6.45) is 3.41. The van der Waals surface area contributed by atoms with Gasteiger partial charge in [0.05, 0.1) is 18.5 Å². The molecule has 22 heavy (non-hydrogen) atoms. The van der Waals surface area contributed by atoms with Gasteiger partial charge in [0.2, 0.25) is 0 Å². The zero-order valence-electron chi connectivity index (χ0n) is 11.7. The van der Waals surface area contributed by atoms with Crippen LogP contribution in [0.15, 0.2) is 60.9 Å². The second-order valence-electron chi connectivity index (χ2n) is 5.19. The summed E-state index contributed by atoms with van der Waals surface area (Å²) >= 11 is 0. The minimum absolute atomic E-state index is 0.232. The van der Waals surface area contributed by atoms with E-state index in [1.165, 1.54) is 12.1 Å². The number of ether oxygens (including phenoxy) is 1. The summed E-state index contributed by atoms with van der Waals surface area (Å²) < 4.78 is 20.5. The normalized spacial score (nSPS) is 16.9. The molecule has 1 aliphatic heterocycles. The largest absolute Gasteiger partial charge is 0.356 e. The summed E-state index contributed by atoms with van der Waals surface area (Å²) in [5, 5.41) is 7.67. The van der Waals surface area contributed by atoms with Gasteiger partial charge in [0, 0.05) is 23.0 Å². The Morgan fingerprint density at radius 2 is 1.95 bits per heavy atom. The lowest BCUT2D eigenvalue weighted by Gasteiger charge is -2.26. The average Bonchev–Trinajstić information content (AvgIpc) is 3.05. The number of benzene rings is 2. The van der Waals surface area contributed by atoms with E-state index in [0.29, 0.717) is 6.61 Å². The summed E-state index contributed by atoms with van der Waals surface area (Å²) in [5.74, 6) is -0.259. The predicted octanol–water partition coefficient (Wildman–Crippen LogP) is 3.65. The number of rotatable bonds is 2. The van der Waals surface area contributed by atoms with E-state index in [-0.39, 0.29) is 12.0 Å². The SMILES string of the molecule is Fc1ccc(-n2cc([C@@H]3Nc4ccccc4CO3)cn2)cc1. The third-order valence-electron chi connectivity index (χ3n) is 3.71. The molecule has 0 saturated carbocycles. The molecule has 0 aliphatic carbocycles. The standard InChI is InChI=1S/C17H14FN3O/c18-14-5-7-15(8-6-14)21-10-13(9-19-21)17-20-16-4-2-1-3-12(16)11-22-17/h1-10,17,20H,11H2/t17-/m1/s1. The highest BCUT2D eigenvalue weighted by atomic mass is 19.1. The van der Waals surface area contributed by atoms with Crippen molar-refractivity contribution in [1.82, 2.24) is 9.78 Å². The molecule has 2 aromatic carbocycles. The highest BCUT2D eigenvalue weighted by Gasteiger charge is 2.20. The van der Waals surface area contributed by atoms with Crippen LogP contribution in [0.5, 0.6) is 0 Å². The molecule has 0 unspecified atom stereocenters. The summed E-state index contributed by atoms with van der Waals surface area (Å²) in [5.41, 5.74) is 3.96. The first kappa shape index (κ1) is 13.0. The Hall–Kier alpha value is -2.66. The van der Waals surface area contributed by atoms with Gasteiger partial charge in [-0.1, -0.05) is 18.2 Å². The molecular weight excluding hydrogens is 281 g/mol. The topological polar surface area (TPSA) is 39.1 Å². The van der Waals surface area contributed by atoms with Gasteiger partial charge in [-0.15, -0.1) is 0 Å². The monoisotopic (exact) mass is 295 g/mol. The minimum Gasteiger partial charge on any atom is -0.356 e. The van der Waals surface area contributed by atoms with Gasteiger partial charge in [-0.05, 0) is 30.3 Å². The Labute approximate surface area is 127 Å². The van der Waals surface area contributed by atoms with E-state index in [9.17, 15) is 4.39 Å². The van der Waals surface area contributed by atoms with E-state index in [1.807, 2.05) is 30.5 Å². The third-order valence-corrected chi connectivity index (χ3v) is 3.71. The van der Waals surface area contributed by atoms with Gasteiger partial charge in [-0.2, -0.15) is 5.10 Å². The van der Waals surface area contributed by atoms with E-state index in [2.05, 4.69) is 10.4 Å². The Bertz CT molecular complexity index is 798. The summed E-state index contributed by atoms with van der Waals surface area (Å²) in [6.45, 7) is 0.565. The number of nitrogens with one attached hydrogen (secondary N) is 1. The number of nitrogens with zero attached hydrogens (tertiary/aromatic N) is 2. The van der Waals surface area contributed by atoms with Gasteiger partial charge >= 0.3 is 0 Å².